The monoisotopic (exact) mass is 399 g/mol. The van der Waals surface area contributed by atoms with Crippen molar-refractivity contribution < 1.29 is 4.79 Å². The van der Waals surface area contributed by atoms with Gasteiger partial charge in [0.15, 0.2) is 0 Å². The van der Waals surface area contributed by atoms with E-state index in [1.54, 1.807) is 4.68 Å². The number of aryl methyl sites for hydroxylation is 2. The highest BCUT2D eigenvalue weighted by atomic mass is 35.5. The van der Waals surface area contributed by atoms with Crippen LogP contribution in [0.25, 0.3) is 5.69 Å². The first-order chi connectivity index (χ1) is 13.3. The fourth-order valence-electron chi connectivity index (χ4n) is 3.30. The predicted molar refractivity (Wildman–Crippen MR) is 111 cm³/mol. The van der Waals surface area contributed by atoms with E-state index in [2.05, 4.69) is 15.5 Å². The van der Waals surface area contributed by atoms with E-state index in [1.165, 1.54) is 0 Å². The van der Waals surface area contributed by atoms with Crippen molar-refractivity contribution in [3.63, 3.8) is 0 Å². The van der Waals surface area contributed by atoms with Gasteiger partial charge in [0.2, 0.25) is 5.91 Å². The quantitative estimate of drug-likeness (QED) is 0.683. The molecular weight excluding hydrogens is 374 g/mol. The van der Waals surface area contributed by atoms with Gasteiger partial charge in [-0.3, -0.25) is 9.48 Å². The van der Waals surface area contributed by atoms with Crippen LogP contribution in [-0.2, 0) is 17.9 Å². The van der Waals surface area contributed by atoms with Crippen LogP contribution < -0.4 is 5.32 Å². The maximum atomic E-state index is 12.6. The number of amides is 1. The molecule has 7 heteroatoms. The summed E-state index contributed by atoms with van der Waals surface area (Å²) in [6.45, 7) is 10.6. The molecule has 0 aliphatic heterocycles. The van der Waals surface area contributed by atoms with E-state index < -0.39 is 0 Å². The molecule has 0 fully saturated rings. The highest BCUT2D eigenvalue weighted by molar-refractivity contribution is 6.31. The number of carbonyl (C=O) groups is 1. The Kier molecular flexibility index (Phi) is 5.89. The van der Waals surface area contributed by atoms with Crippen LogP contribution in [0.1, 0.15) is 35.3 Å². The molecule has 1 N–H and O–H groups in total. The van der Waals surface area contributed by atoms with Crippen molar-refractivity contribution in [3.05, 3.63) is 63.7 Å². The van der Waals surface area contributed by atoms with E-state index >= 15 is 0 Å². The summed E-state index contributed by atoms with van der Waals surface area (Å²) < 4.78 is 3.71. The summed E-state index contributed by atoms with van der Waals surface area (Å²) in [5.74, 6) is -0.242. The average Bonchev–Trinajstić information content (AvgIpc) is 3.10. The van der Waals surface area contributed by atoms with Gasteiger partial charge in [-0.1, -0.05) is 36.7 Å². The fraction of sp³-hybridized carbons (Fsp3) is 0.381. The van der Waals surface area contributed by atoms with Crippen LogP contribution in [0.3, 0.4) is 0 Å². The fourth-order valence-corrected chi connectivity index (χ4v) is 3.43. The van der Waals surface area contributed by atoms with Crippen LogP contribution >= 0.6 is 11.6 Å². The van der Waals surface area contributed by atoms with Gasteiger partial charge < -0.3 is 5.32 Å². The Bertz CT molecular complexity index is 990. The number of hydrogen-bond donors (Lipinski definition) is 1. The zero-order valence-electron chi connectivity index (χ0n) is 17.0. The van der Waals surface area contributed by atoms with E-state index in [9.17, 15) is 4.79 Å². The van der Waals surface area contributed by atoms with E-state index in [0.717, 1.165) is 34.0 Å². The summed E-state index contributed by atoms with van der Waals surface area (Å²) in [5, 5.41) is 12.7. The van der Waals surface area contributed by atoms with Crippen molar-refractivity contribution in [3.8, 4) is 5.69 Å². The first-order valence-corrected chi connectivity index (χ1v) is 9.75. The molecule has 3 aromatic rings. The first-order valence-electron chi connectivity index (χ1n) is 9.37. The number of halogens is 1. The van der Waals surface area contributed by atoms with Gasteiger partial charge in [-0.15, -0.1) is 0 Å². The molecule has 2 aromatic heterocycles. The summed E-state index contributed by atoms with van der Waals surface area (Å²) in [6, 6.07) is 9.99. The van der Waals surface area contributed by atoms with Crippen molar-refractivity contribution in [2.45, 2.75) is 47.7 Å². The van der Waals surface area contributed by atoms with Crippen LogP contribution in [0, 0.1) is 33.6 Å². The van der Waals surface area contributed by atoms with Crippen LogP contribution in [0.5, 0.6) is 0 Å². The maximum absolute atomic E-state index is 12.6. The minimum Gasteiger partial charge on any atom is -0.352 e. The van der Waals surface area contributed by atoms with Gasteiger partial charge in [-0.2, -0.15) is 10.2 Å². The van der Waals surface area contributed by atoms with E-state index in [-0.39, 0.29) is 11.8 Å². The van der Waals surface area contributed by atoms with Gasteiger partial charge in [0.05, 0.1) is 40.3 Å². The van der Waals surface area contributed by atoms with Crippen molar-refractivity contribution in [2.75, 3.05) is 0 Å². The highest BCUT2D eigenvalue weighted by Crippen LogP contribution is 2.20. The van der Waals surface area contributed by atoms with Gasteiger partial charge in [0.1, 0.15) is 0 Å². The molecule has 2 heterocycles. The molecule has 3 rings (SSSR count). The lowest BCUT2D eigenvalue weighted by molar-refractivity contribution is -0.125. The highest BCUT2D eigenvalue weighted by Gasteiger charge is 2.19. The number of benzene rings is 1. The number of hydrogen-bond acceptors (Lipinski definition) is 3. The Morgan fingerprint density at radius 1 is 1.07 bits per heavy atom. The van der Waals surface area contributed by atoms with E-state index in [4.69, 9.17) is 11.6 Å². The van der Waals surface area contributed by atoms with Crippen LogP contribution in [0.2, 0.25) is 5.02 Å². The molecule has 0 saturated carbocycles. The number of nitrogens with zero attached hydrogens (tertiary/aromatic N) is 4. The Balaban J connectivity index is 1.67. The minimum atomic E-state index is -0.223. The molecule has 1 amide bonds. The number of carbonyl (C=O) groups excluding carboxylic acids is 1. The van der Waals surface area contributed by atoms with Crippen molar-refractivity contribution in [2.24, 2.45) is 5.92 Å². The topological polar surface area (TPSA) is 64.7 Å². The standard InChI is InChI=1S/C21H26ClN5O/c1-13(12-26-17(5)20(22)15(3)24-26)21(28)23-11-19-14(2)25-27(16(19)4)18-9-7-6-8-10-18/h6-10,13H,11-12H2,1-5H3,(H,23,28). The Hall–Kier alpha value is -2.60. The average molecular weight is 400 g/mol. The Labute approximate surface area is 170 Å². The molecule has 0 aliphatic carbocycles. The smallest absolute Gasteiger partial charge is 0.224 e. The molecular formula is C21H26ClN5O. The normalized spacial score (nSPS) is 12.2. The number of nitrogens with one attached hydrogen (secondary N) is 1. The summed E-state index contributed by atoms with van der Waals surface area (Å²) in [4.78, 5) is 12.6. The molecule has 1 atom stereocenters. The zero-order chi connectivity index (χ0) is 20.4. The lowest BCUT2D eigenvalue weighted by Crippen LogP contribution is -2.31. The third-order valence-corrected chi connectivity index (χ3v) is 5.62. The van der Waals surface area contributed by atoms with Crippen LogP contribution in [0.15, 0.2) is 30.3 Å². The molecule has 0 aliphatic rings. The minimum absolute atomic E-state index is 0.0186. The van der Waals surface area contributed by atoms with Crippen molar-refractivity contribution in [1.29, 1.82) is 0 Å². The lowest BCUT2D eigenvalue weighted by Gasteiger charge is -2.14. The Morgan fingerprint density at radius 3 is 2.36 bits per heavy atom. The van der Waals surface area contributed by atoms with Gasteiger partial charge in [0, 0.05) is 17.8 Å². The number of rotatable bonds is 6. The largest absolute Gasteiger partial charge is 0.352 e. The molecule has 1 aromatic carbocycles. The summed E-state index contributed by atoms with van der Waals surface area (Å²) >= 11 is 6.20. The molecule has 0 spiro atoms. The second-order valence-corrected chi connectivity index (χ2v) is 7.56. The molecule has 1 unspecified atom stereocenters. The zero-order valence-corrected chi connectivity index (χ0v) is 17.7. The summed E-state index contributed by atoms with van der Waals surface area (Å²) in [7, 11) is 0. The number of aromatic nitrogens is 4. The summed E-state index contributed by atoms with van der Waals surface area (Å²) in [6.07, 6.45) is 0. The molecule has 148 valence electrons. The molecule has 0 radical (unpaired) electrons. The van der Waals surface area contributed by atoms with E-state index in [0.29, 0.717) is 18.1 Å². The third kappa shape index (κ3) is 3.97. The molecule has 28 heavy (non-hydrogen) atoms. The third-order valence-electron chi connectivity index (χ3n) is 5.07. The lowest BCUT2D eigenvalue weighted by atomic mass is 10.1. The molecule has 0 bridgehead atoms. The molecule has 6 nitrogen and oxygen atoms in total. The van der Waals surface area contributed by atoms with Gasteiger partial charge in [-0.25, -0.2) is 4.68 Å². The van der Waals surface area contributed by atoms with E-state index in [1.807, 2.05) is 69.6 Å². The van der Waals surface area contributed by atoms with Gasteiger partial charge in [-0.05, 0) is 39.8 Å². The predicted octanol–water partition coefficient (Wildman–Crippen LogP) is 3.91. The SMILES string of the molecule is Cc1nn(CC(C)C(=O)NCc2c(C)nn(-c3ccccc3)c2C)c(C)c1Cl. The number of para-hydroxylation sites is 1. The maximum Gasteiger partial charge on any atom is 0.224 e. The second kappa shape index (κ2) is 8.19. The Morgan fingerprint density at radius 2 is 1.75 bits per heavy atom. The van der Waals surface area contributed by atoms with Gasteiger partial charge in [0.25, 0.3) is 0 Å². The first kappa shape index (κ1) is 20.1. The molecule has 0 saturated heterocycles. The van der Waals surface area contributed by atoms with Crippen LogP contribution in [0.4, 0.5) is 0 Å². The summed E-state index contributed by atoms with van der Waals surface area (Å²) in [5.41, 5.74) is 5.66. The van der Waals surface area contributed by atoms with Crippen molar-refractivity contribution in [1.82, 2.24) is 24.9 Å². The van der Waals surface area contributed by atoms with Gasteiger partial charge >= 0.3 is 0 Å². The second-order valence-electron chi connectivity index (χ2n) is 7.18. The van der Waals surface area contributed by atoms with Crippen LogP contribution in [-0.4, -0.2) is 25.5 Å². The van der Waals surface area contributed by atoms with Crippen molar-refractivity contribution >= 4 is 17.5 Å².